The summed E-state index contributed by atoms with van der Waals surface area (Å²) in [4.78, 5) is 25.0. The minimum absolute atomic E-state index is 0.183. The van der Waals surface area contributed by atoms with Crippen molar-refractivity contribution in [3.05, 3.63) is 11.6 Å². The normalized spacial score (nSPS) is 41.8. The number of hydrogen-bond donors (Lipinski definition) is 3. The van der Waals surface area contributed by atoms with E-state index in [9.17, 15) is 24.9 Å². The number of hydrogen-bond acceptors (Lipinski definition) is 7. The molecular formula is C34H50O7. The molecule has 0 saturated heterocycles. The predicted molar refractivity (Wildman–Crippen MR) is 154 cm³/mol. The van der Waals surface area contributed by atoms with Gasteiger partial charge in [-0.05, 0) is 81.1 Å². The molecule has 3 N–H and O–H groups in total. The number of aliphatic hydroxyl groups is 3. The number of aliphatic hydroxyl groups excluding tert-OH is 2. The van der Waals surface area contributed by atoms with Gasteiger partial charge in [0.25, 0.3) is 0 Å². The minimum Gasteiger partial charge on any atom is -0.462 e. The fourth-order valence-corrected chi connectivity index (χ4v) is 9.81. The van der Waals surface area contributed by atoms with Gasteiger partial charge in [0.15, 0.2) is 0 Å². The first-order chi connectivity index (χ1) is 19.4. The molecule has 228 valence electrons. The standard InChI is InChI=1S/C34H50O7/c1-22(2)12-13-26(35)34-27(36)15-17-32(4,24-9-5-6-10-24)30(34)25-20-31(3,16-8-7-11-28(37)41-25)33(34,39)18-14-23-19-29(38)40-21-23/h19,22,24-27,30,35-36,39H,5-7,9-15,17-18,20-21H2,1-4H3. The van der Waals surface area contributed by atoms with E-state index in [4.69, 9.17) is 9.47 Å². The Hall–Kier alpha value is -1.88. The summed E-state index contributed by atoms with van der Waals surface area (Å²) in [7, 11) is 0. The highest BCUT2D eigenvalue weighted by molar-refractivity contribution is 5.85. The molecule has 8 atom stereocenters. The molecule has 0 aromatic carbocycles. The lowest BCUT2D eigenvalue weighted by molar-refractivity contribution is -0.337. The average Bonchev–Trinajstić information content (AvgIpc) is 3.61. The van der Waals surface area contributed by atoms with Crippen molar-refractivity contribution in [3.63, 3.8) is 0 Å². The zero-order chi connectivity index (χ0) is 29.6. The Kier molecular flexibility index (Phi) is 8.44. The van der Waals surface area contributed by atoms with Crippen molar-refractivity contribution in [3.8, 4) is 11.8 Å². The van der Waals surface area contributed by atoms with Crippen LogP contribution in [0.1, 0.15) is 111 Å². The first-order valence-corrected chi connectivity index (χ1v) is 16.0. The molecule has 3 aliphatic carbocycles. The number of fused-ring (bicyclic) bond motifs is 4. The predicted octanol–water partition coefficient (Wildman–Crippen LogP) is 4.85. The quantitative estimate of drug-likeness (QED) is 0.282. The lowest BCUT2D eigenvalue weighted by Gasteiger charge is -2.71. The molecule has 7 heteroatoms. The molecule has 7 nitrogen and oxygen atoms in total. The van der Waals surface area contributed by atoms with E-state index >= 15 is 0 Å². The molecule has 5 aliphatic rings. The molecule has 0 spiro atoms. The highest BCUT2D eigenvalue weighted by atomic mass is 16.5. The third-order valence-corrected chi connectivity index (χ3v) is 11.8. The van der Waals surface area contributed by atoms with E-state index in [2.05, 4.69) is 32.6 Å². The molecule has 3 saturated carbocycles. The number of ether oxygens (including phenoxy) is 2. The topological polar surface area (TPSA) is 113 Å². The Labute approximate surface area is 245 Å². The Bertz CT molecular complexity index is 1110. The second kappa shape index (κ2) is 11.3. The summed E-state index contributed by atoms with van der Waals surface area (Å²) < 4.78 is 11.5. The van der Waals surface area contributed by atoms with Crippen LogP contribution in [0.25, 0.3) is 0 Å². The maximum Gasteiger partial charge on any atom is 0.331 e. The van der Waals surface area contributed by atoms with Gasteiger partial charge in [-0.25, -0.2) is 4.79 Å². The van der Waals surface area contributed by atoms with Crippen molar-refractivity contribution < 1.29 is 34.4 Å². The Morgan fingerprint density at radius 3 is 2.51 bits per heavy atom. The van der Waals surface area contributed by atoms with Crippen LogP contribution in [0.3, 0.4) is 0 Å². The average molecular weight is 571 g/mol. The maximum atomic E-state index is 13.5. The van der Waals surface area contributed by atoms with Crippen LogP contribution in [0.15, 0.2) is 11.6 Å². The van der Waals surface area contributed by atoms with Crippen LogP contribution in [0.5, 0.6) is 0 Å². The summed E-state index contributed by atoms with van der Waals surface area (Å²) in [5, 5.41) is 38.2. The number of esters is 2. The molecule has 5 rings (SSSR count). The van der Waals surface area contributed by atoms with Gasteiger partial charge in [0.05, 0.1) is 35.1 Å². The van der Waals surface area contributed by atoms with Crippen molar-refractivity contribution in [2.24, 2.45) is 34.0 Å². The van der Waals surface area contributed by atoms with Crippen LogP contribution < -0.4 is 0 Å². The van der Waals surface area contributed by atoms with E-state index in [1.54, 1.807) is 0 Å². The molecule has 0 amide bonds. The van der Waals surface area contributed by atoms with Crippen LogP contribution in [0.4, 0.5) is 0 Å². The first kappa shape index (κ1) is 30.6. The summed E-state index contributed by atoms with van der Waals surface area (Å²) in [6, 6.07) is 0. The van der Waals surface area contributed by atoms with E-state index in [0.717, 1.165) is 44.1 Å². The summed E-state index contributed by atoms with van der Waals surface area (Å²) in [6.07, 6.45) is 7.10. The third kappa shape index (κ3) is 4.96. The first-order valence-electron chi connectivity index (χ1n) is 16.0. The largest absolute Gasteiger partial charge is 0.462 e. The van der Waals surface area contributed by atoms with E-state index in [1.165, 1.54) is 6.08 Å². The molecule has 2 heterocycles. The van der Waals surface area contributed by atoms with E-state index < -0.39 is 40.7 Å². The van der Waals surface area contributed by atoms with Crippen LogP contribution in [0, 0.1) is 45.8 Å². The second-order valence-electron chi connectivity index (χ2n) is 14.6. The fraction of sp³-hybridized carbons (Fsp3) is 0.824. The van der Waals surface area contributed by atoms with Crippen molar-refractivity contribution in [1.82, 2.24) is 0 Å². The van der Waals surface area contributed by atoms with Gasteiger partial charge < -0.3 is 24.8 Å². The minimum atomic E-state index is -1.62. The Balaban J connectivity index is 1.74. The third-order valence-electron chi connectivity index (χ3n) is 11.8. The van der Waals surface area contributed by atoms with Gasteiger partial charge in [-0.1, -0.05) is 39.5 Å². The molecule has 0 aromatic rings. The Morgan fingerprint density at radius 1 is 1.12 bits per heavy atom. The molecule has 3 fully saturated rings. The summed E-state index contributed by atoms with van der Waals surface area (Å²) in [5.41, 5.74) is -3.60. The number of cyclic esters (lactones) is 1. The molecule has 41 heavy (non-hydrogen) atoms. The van der Waals surface area contributed by atoms with Crippen LogP contribution in [-0.2, 0) is 19.1 Å². The van der Waals surface area contributed by atoms with Gasteiger partial charge in [-0.3, -0.25) is 4.79 Å². The summed E-state index contributed by atoms with van der Waals surface area (Å²) in [5.74, 6) is 6.11. The van der Waals surface area contributed by atoms with Crippen molar-refractivity contribution in [1.29, 1.82) is 0 Å². The van der Waals surface area contributed by atoms with Crippen LogP contribution >= 0.6 is 0 Å². The van der Waals surface area contributed by atoms with Crippen LogP contribution in [0.2, 0.25) is 0 Å². The second-order valence-corrected chi connectivity index (χ2v) is 14.6. The van der Waals surface area contributed by atoms with Crippen molar-refractivity contribution in [2.75, 3.05) is 6.61 Å². The van der Waals surface area contributed by atoms with Gasteiger partial charge in [-0.15, -0.1) is 5.92 Å². The van der Waals surface area contributed by atoms with Gasteiger partial charge in [0, 0.05) is 24.8 Å². The molecule has 0 radical (unpaired) electrons. The zero-order valence-electron chi connectivity index (χ0n) is 25.4. The van der Waals surface area contributed by atoms with Crippen molar-refractivity contribution in [2.45, 2.75) is 135 Å². The molecule has 2 bridgehead atoms. The van der Waals surface area contributed by atoms with E-state index in [-0.39, 0.29) is 36.8 Å². The highest BCUT2D eigenvalue weighted by Gasteiger charge is 2.77. The summed E-state index contributed by atoms with van der Waals surface area (Å²) >= 11 is 0. The van der Waals surface area contributed by atoms with Gasteiger partial charge >= 0.3 is 11.9 Å². The van der Waals surface area contributed by atoms with Crippen molar-refractivity contribution >= 4 is 11.9 Å². The molecular weight excluding hydrogens is 520 g/mol. The Morgan fingerprint density at radius 2 is 1.85 bits per heavy atom. The van der Waals surface area contributed by atoms with Crippen LogP contribution in [-0.4, -0.2) is 57.8 Å². The molecule has 2 aliphatic heterocycles. The van der Waals surface area contributed by atoms with Gasteiger partial charge in [0.1, 0.15) is 12.7 Å². The number of carbonyl (C=O) groups excluding carboxylic acids is 2. The van der Waals surface area contributed by atoms with Gasteiger partial charge in [-0.2, -0.15) is 0 Å². The van der Waals surface area contributed by atoms with E-state index in [0.29, 0.717) is 43.9 Å². The maximum absolute atomic E-state index is 13.5. The fourth-order valence-electron chi connectivity index (χ4n) is 9.81. The number of carbonyl (C=O) groups is 2. The smallest absolute Gasteiger partial charge is 0.331 e. The lowest BCUT2D eigenvalue weighted by atomic mass is 9.35. The zero-order valence-corrected chi connectivity index (χ0v) is 25.4. The SMILES string of the molecule is CC(C)CCC(O)C12C(O)CCC(C)(C3CCCC3)C1C1CC(C)(C#CCCC(=O)O1)C2(O)CCC1=CC(=O)OC1. The lowest BCUT2D eigenvalue weighted by Crippen LogP contribution is -2.79. The molecule has 0 aromatic heterocycles. The number of rotatable bonds is 8. The van der Waals surface area contributed by atoms with E-state index in [1.807, 2.05) is 6.92 Å². The monoisotopic (exact) mass is 570 g/mol. The summed E-state index contributed by atoms with van der Waals surface area (Å²) in [6.45, 7) is 8.61. The van der Waals surface area contributed by atoms with Gasteiger partial charge in [0.2, 0.25) is 0 Å². The molecule has 8 unspecified atom stereocenters. The highest BCUT2D eigenvalue weighted by Crippen LogP contribution is 2.71.